The highest BCUT2D eigenvalue weighted by molar-refractivity contribution is 5.71. The van der Waals surface area contributed by atoms with Gasteiger partial charge in [0.05, 0.1) is 0 Å². The number of ether oxygens (including phenoxy) is 3. The predicted octanol–water partition coefficient (Wildman–Crippen LogP) is 26.2. The molecular weight excluding hydrogens is 1010 g/mol. The molecule has 0 aliphatic rings. The van der Waals surface area contributed by atoms with Crippen molar-refractivity contribution < 1.29 is 28.6 Å². The summed E-state index contributed by atoms with van der Waals surface area (Å²) in [4.78, 5) is 38.4. The number of hydrogen-bond donors (Lipinski definition) is 0. The lowest BCUT2D eigenvalue weighted by Gasteiger charge is -2.18. The summed E-state index contributed by atoms with van der Waals surface area (Å²) in [5, 5.41) is 0. The minimum absolute atomic E-state index is 0.0604. The predicted molar refractivity (Wildman–Crippen MR) is 358 cm³/mol. The van der Waals surface area contributed by atoms with Crippen molar-refractivity contribution in [3.8, 4) is 0 Å². The quantitative estimate of drug-likeness (QED) is 0.0343. The Morgan fingerprint density at radius 3 is 0.488 bits per heavy atom. The van der Waals surface area contributed by atoms with Crippen LogP contribution in [0.4, 0.5) is 0 Å². The van der Waals surface area contributed by atoms with Gasteiger partial charge in [-0.2, -0.15) is 0 Å². The third-order valence-electron chi connectivity index (χ3n) is 17.9. The molecule has 0 bridgehead atoms. The maximum Gasteiger partial charge on any atom is 0.306 e. The van der Waals surface area contributed by atoms with Gasteiger partial charge in [0.25, 0.3) is 0 Å². The molecule has 0 fully saturated rings. The second kappa shape index (κ2) is 71.9. The Morgan fingerprint density at radius 2 is 0.329 bits per heavy atom. The first-order valence-electron chi connectivity index (χ1n) is 38.0. The van der Waals surface area contributed by atoms with Crippen LogP contribution < -0.4 is 0 Å². The van der Waals surface area contributed by atoms with E-state index in [4.69, 9.17) is 14.2 Å². The SMILES string of the molecule is CCCCCCCCCCCCCCCCCCCCCCCCCCCCCCCCCCCCC(=O)OCC(COC(=O)CCCCCCCCCCCCC)OC(=O)CCCCCCCCCCCCCCCCCCCCC. The van der Waals surface area contributed by atoms with Gasteiger partial charge in [-0.15, -0.1) is 0 Å². The van der Waals surface area contributed by atoms with E-state index in [0.29, 0.717) is 19.3 Å². The second-order valence-corrected chi connectivity index (χ2v) is 26.3. The molecule has 0 aromatic carbocycles. The second-order valence-electron chi connectivity index (χ2n) is 26.3. The molecule has 0 aromatic rings. The molecule has 1 atom stereocenters. The molecule has 1 unspecified atom stereocenters. The summed E-state index contributed by atoms with van der Waals surface area (Å²) in [6, 6.07) is 0. The van der Waals surface area contributed by atoms with Gasteiger partial charge in [0.1, 0.15) is 13.2 Å². The molecule has 0 aliphatic carbocycles. The number of rotatable bonds is 72. The highest BCUT2D eigenvalue weighted by atomic mass is 16.6. The van der Waals surface area contributed by atoms with Crippen molar-refractivity contribution >= 4 is 17.9 Å². The molecule has 0 aromatic heterocycles. The van der Waals surface area contributed by atoms with Crippen LogP contribution in [0.25, 0.3) is 0 Å². The lowest BCUT2D eigenvalue weighted by molar-refractivity contribution is -0.167. The molecule has 488 valence electrons. The Labute approximate surface area is 514 Å². The van der Waals surface area contributed by atoms with E-state index in [9.17, 15) is 14.4 Å². The van der Waals surface area contributed by atoms with Crippen LogP contribution in [0.2, 0.25) is 0 Å². The fraction of sp³-hybridized carbons (Fsp3) is 0.961. The van der Waals surface area contributed by atoms with E-state index in [0.717, 1.165) is 57.8 Å². The fourth-order valence-electron chi connectivity index (χ4n) is 12.2. The van der Waals surface area contributed by atoms with Crippen molar-refractivity contribution in [3.05, 3.63) is 0 Å². The summed E-state index contributed by atoms with van der Waals surface area (Å²) < 4.78 is 17.0. The fourth-order valence-corrected chi connectivity index (χ4v) is 12.2. The van der Waals surface area contributed by atoms with Gasteiger partial charge in [-0.05, 0) is 19.3 Å². The van der Waals surface area contributed by atoms with Crippen molar-refractivity contribution in [2.24, 2.45) is 0 Å². The molecule has 0 spiro atoms. The molecule has 82 heavy (non-hydrogen) atoms. The van der Waals surface area contributed by atoms with Crippen LogP contribution in [0.15, 0.2) is 0 Å². The van der Waals surface area contributed by atoms with Gasteiger partial charge in [0, 0.05) is 19.3 Å². The van der Waals surface area contributed by atoms with Crippen LogP contribution in [-0.2, 0) is 28.6 Å². The van der Waals surface area contributed by atoms with E-state index >= 15 is 0 Å². The van der Waals surface area contributed by atoms with Crippen LogP contribution in [0.3, 0.4) is 0 Å². The first kappa shape index (κ1) is 80.4. The van der Waals surface area contributed by atoms with Crippen LogP contribution in [0.1, 0.15) is 451 Å². The normalized spacial score (nSPS) is 11.9. The average molecular weight is 1160 g/mol. The van der Waals surface area contributed by atoms with Gasteiger partial charge in [-0.25, -0.2) is 0 Å². The van der Waals surface area contributed by atoms with Crippen LogP contribution >= 0.6 is 0 Å². The molecular formula is C76H148O6. The Balaban J connectivity index is 4.01. The molecule has 0 saturated carbocycles. The van der Waals surface area contributed by atoms with Crippen molar-refractivity contribution in [2.45, 2.75) is 457 Å². The average Bonchev–Trinajstić information content (AvgIpc) is 3.47. The van der Waals surface area contributed by atoms with Crippen LogP contribution in [-0.4, -0.2) is 37.2 Å². The molecule has 0 rings (SSSR count). The zero-order valence-corrected chi connectivity index (χ0v) is 56.3. The van der Waals surface area contributed by atoms with E-state index in [1.165, 1.54) is 353 Å². The van der Waals surface area contributed by atoms with Gasteiger partial charge in [0.15, 0.2) is 6.10 Å². The molecule has 0 saturated heterocycles. The Bertz CT molecular complexity index is 1240. The lowest BCUT2D eigenvalue weighted by atomic mass is 10.0. The Morgan fingerprint density at radius 1 is 0.195 bits per heavy atom. The topological polar surface area (TPSA) is 78.9 Å². The first-order valence-corrected chi connectivity index (χ1v) is 38.0. The first-order chi connectivity index (χ1) is 40.5. The number of unbranched alkanes of at least 4 members (excludes halogenated alkanes) is 61. The molecule has 0 heterocycles. The summed E-state index contributed by atoms with van der Waals surface area (Å²) in [5.74, 6) is -0.822. The highest BCUT2D eigenvalue weighted by Crippen LogP contribution is 2.20. The van der Waals surface area contributed by atoms with Crippen molar-refractivity contribution in [1.82, 2.24) is 0 Å². The molecule has 0 radical (unpaired) electrons. The molecule has 6 nitrogen and oxygen atoms in total. The van der Waals surface area contributed by atoms with E-state index < -0.39 is 6.10 Å². The standard InChI is InChI=1S/C76H148O6/c1-4-7-10-13-16-19-22-24-26-28-30-31-32-33-34-35-36-37-38-39-40-41-42-43-44-46-47-49-51-54-57-60-63-66-69-75(78)81-72-73(71-80-74(77)68-65-62-59-56-53-21-18-15-12-9-6-3)82-76(79)70-67-64-61-58-55-52-50-48-45-29-27-25-23-20-17-14-11-8-5-2/h73H,4-72H2,1-3H3. The Hall–Kier alpha value is -1.59. The minimum Gasteiger partial charge on any atom is -0.462 e. The Kier molecular flexibility index (Phi) is 70.5. The zero-order chi connectivity index (χ0) is 59.2. The summed E-state index contributed by atoms with van der Waals surface area (Å²) >= 11 is 0. The number of carbonyl (C=O) groups is 3. The molecule has 6 heteroatoms. The third-order valence-corrected chi connectivity index (χ3v) is 17.9. The summed E-state index contributed by atoms with van der Waals surface area (Å²) in [6.45, 7) is 6.74. The van der Waals surface area contributed by atoms with E-state index in [1.807, 2.05) is 0 Å². The van der Waals surface area contributed by atoms with Gasteiger partial charge in [-0.3, -0.25) is 14.4 Å². The number of esters is 3. The van der Waals surface area contributed by atoms with Gasteiger partial charge < -0.3 is 14.2 Å². The van der Waals surface area contributed by atoms with Gasteiger partial charge >= 0.3 is 17.9 Å². The largest absolute Gasteiger partial charge is 0.462 e. The van der Waals surface area contributed by atoms with E-state index in [1.54, 1.807) is 0 Å². The van der Waals surface area contributed by atoms with E-state index in [2.05, 4.69) is 20.8 Å². The molecule has 0 amide bonds. The van der Waals surface area contributed by atoms with Crippen LogP contribution in [0.5, 0.6) is 0 Å². The van der Waals surface area contributed by atoms with E-state index in [-0.39, 0.29) is 31.1 Å². The molecule has 0 N–H and O–H groups in total. The highest BCUT2D eigenvalue weighted by Gasteiger charge is 2.20. The lowest BCUT2D eigenvalue weighted by Crippen LogP contribution is -2.30. The maximum absolute atomic E-state index is 12.9. The summed E-state index contributed by atoms with van der Waals surface area (Å²) in [7, 11) is 0. The van der Waals surface area contributed by atoms with Gasteiger partial charge in [0.2, 0.25) is 0 Å². The summed E-state index contributed by atoms with van der Waals surface area (Å²) in [6.07, 6.45) is 86.0. The monoisotopic (exact) mass is 1160 g/mol. The van der Waals surface area contributed by atoms with Crippen LogP contribution in [0, 0.1) is 0 Å². The summed E-state index contributed by atoms with van der Waals surface area (Å²) in [5.41, 5.74) is 0. The number of hydrogen-bond acceptors (Lipinski definition) is 6. The molecule has 0 aliphatic heterocycles. The minimum atomic E-state index is -0.763. The zero-order valence-electron chi connectivity index (χ0n) is 56.3. The van der Waals surface area contributed by atoms with Crippen molar-refractivity contribution in [1.29, 1.82) is 0 Å². The smallest absolute Gasteiger partial charge is 0.306 e. The third kappa shape index (κ3) is 69.2. The van der Waals surface area contributed by atoms with Crippen molar-refractivity contribution in [3.63, 3.8) is 0 Å². The maximum atomic E-state index is 12.9. The number of carbonyl (C=O) groups excluding carboxylic acids is 3. The van der Waals surface area contributed by atoms with Gasteiger partial charge in [-0.1, -0.05) is 412 Å². The van der Waals surface area contributed by atoms with Crippen molar-refractivity contribution in [2.75, 3.05) is 13.2 Å².